The summed E-state index contributed by atoms with van der Waals surface area (Å²) in [5.41, 5.74) is 2.94. The Balaban J connectivity index is 1.64. The van der Waals surface area contributed by atoms with Crippen molar-refractivity contribution in [1.29, 1.82) is 0 Å². The summed E-state index contributed by atoms with van der Waals surface area (Å²) in [6.07, 6.45) is 7.31. The highest BCUT2D eigenvalue weighted by molar-refractivity contribution is 5.85. The van der Waals surface area contributed by atoms with Crippen molar-refractivity contribution in [2.75, 3.05) is 0 Å². The molecule has 1 aliphatic carbocycles. The maximum atomic E-state index is 12.4. The number of hydrogen-bond acceptors (Lipinski definition) is 4. The van der Waals surface area contributed by atoms with Gasteiger partial charge in [0, 0.05) is 36.8 Å². The molecule has 0 fully saturated rings. The minimum absolute atomic E-state index is 0.216. The summed E-state index contributed by atoms with van der Waals surface area (Å²) < 4.78 is 0. The predicted octanol–water partition coefficient (Wildman–Crippen LogP) is 0.722. The molecule has 0 saturated carbocycles. The molecule has 2 unspecified atom stereocenters. The van der Waals surface area contributed by atoms with Crippen molar-refractivity contribution < 1.29 is 14.7 Å². The van der Waals surface area contributed by atoms with Crippen molar-refractivity contribution in [2.45, 2.75) is 31.7 Å². The number of H-pyrrole nitrogens is 1. The molecule has 0 spiro atoms. The Labute approximate surface area is 133 Å². The molecule has 0 aromatic carbocycles. The van der Waals surface area contributed by atoms with E-state index in [0.29, 0.717) is 12.8 Å². The average Bonchev–Trinajstić information content (AvgIpc) is 3.02. The van der Waals surface area contributed by atoms with E-state index < -0.39 is 12.0 Å². The molecule has 0 radical (unpaired) electrons. The quantitative estimate of drug-likeness (QED) is 0.753. The molecular weight excluding hydrogens is 296 g/mol. The predicted molar refractivity (Wildman–Crippen MR) is 81.6 cm³/mol. The SMILES string of the molecule is O=C(NC(Cc1ccncc1)C(=O)O)C1CCc2cn[nH]c2C1. The molecule has 7 nitrogen and oxygen atoms in total. The standard InChI is InChI=1S/C16H18N4O3/c21-15(11-1-2-12-9-18-20-13(12)8-11)19-14(16(22)23)7-10-3-5-17-6-4-10/h3-6,9,11,14H,1-2,7-8H2,(H,18,20)(H,19,21)(H,22,23). The number of carboxylic acid groups (broad SMARTS) is 1. The van der Waals surface area contributed by atoms with Crippen molar-refractivity contribution in [1.82, 2.24) is 20.5 Å². The second kappa shape index (κ2) is 6.60. The second-order valence-electron chi connectivity index (χ2n) is 5.77. The van der Waals surface area contributed by atoms with Crippen LogP contribution in [0.4, 0.5) is 0 Å². The minimum Gasteiger partial charge on any atom is -0.480 e. The minimum atomic E-state index is -1.03. The first-order valence-electron chi connectivity index (χ1n) is 7.56. The van der Waals surface area contributed by atoms with E-state index >= 15 is 0 Å². The molecule has 7 heteroatoms. The molecule has 120 valence electrons. The number of aliphatic carboxylic acids is 1. The summed E-state index contributed by atoms with van der Waals surface area (Å²) >= 11 is 0. The number of carbonyl (C=O) groups is 2. The van der Waals surface area contributed by atoms with Crippen LogP contribution in [0.1, 0.15) is 23.2 Å². The average molecular weight is 314 g/mol. The van der Waals surface area contributed by atoms with E-state index in [1.807, 2.05) is 0 Å². The van der Waals surface area contributed by atoms with Crippen LogP contribution in [0.5, 0.6) is 0 Å². The third kappa shape index (κ3) is 3.56. The van der Waals surface area contributed by atoms with E-state index in [2.05, 4.69) is 20.5 Å². The van der Waals surface area contributed by atoms with E-state index in [4.69, 9.17) is 0 Å². The highest BCUT2D eigenvalue weighted by Gasteiger charge is 2.29. The van der Waals surface area contributed by atoms with Gasteiger partial charge in [-0.05, 0) is 36.1 Å². The number of nitrogens with one attached hydrogen (secondary N) is 2. The lowest BCUT2D eigenvalue weighted by atomic mass is 9.87. The number of pyridine rings is 1. The van der Waals surface area contributed by atoms with Crippen LogP contribution < -0.4 is 5.32 Å². The fraction of sp³-hybridized carbons (Fsp3) is 0.375. The third-order valence-corrected chi connectivity index (χ3v) is 4.19. The molecule has 3 rings (SSSR count). The topological polar surface area (TPSA) is 108 Å². The van der Waals surface area contributed by atoms with Gasteiger partial charge in [0.15, 0.2) is 0 Å². The van der Waals surface area contributed by atoms with Crippen molar-refractivity contribution in [2.24, 2.45) is 5.92 Å². The summed E-state index contributed by atoms with van der Waals surface area (Å²) in [6, 6.07) is 2.56. The number of aromatic nitrogens is 3. The summed E-state index contributed by atoms with van der Waals surface area (Å²) in [6.45, 7) is 0. The van der Waals surface area contributed by atoms with Gasteiger partial charge >= 0.3 is 5.97 Å². The summed E-state index contributed by atoms with van der Waals surface area (Å²) in [4.78, 5) is 27.8. The molecule has 0 bridgehead atoms. The maximum absolute atomic E-state index is 12.4. The molecule has 0 aliphatic heterocycles. The first-order chi connectivity index (χ1) is 11.1. The third-order valence-electron chi connectivity index (χ3n) is 4.19. The number of hydrogen-bond donors (Lipinski definition) is 3. The summed E-state index contributed by atoms with van der Waals surface area (Å²) in [7, 11) is 0. The van der Waals surface area contributed by atoms with Crippen LogP contribution in [0, 0.1) is 5.92 Å². The van der Waals surface area contributed by atoms with Gasteiger partial charge in [-0.25, -0.2) is 4.79 Å². The fourth-order valence-corrected chi connectivity index (χ4v) is 2.88. The van der Waals surface area contributed by atoms with Gasteiger partial charge in [-0.3, -0.25) is 14.9 Å². The Morgan fingerprint density at radius 1 is 1.39 bits per heavy atom. The van der Waals surface area contributed by atoms with Crippen LogP contribution in [-0.4, -0.2) is 38.2 Å². The van der Waals surface area contributed by atoms with Gasteiger partial charge in [-0.2, -0.15) is 5.10 Å². The smallest absolute Gasteiger partial charge is 0.326 e. The molecule has 2 aromatic rings. The lowest BCUT2D eigenvalue weighted by molar-refractivity contribution is -0.142. The fourth-order valence-electron chi connectivity index (χ4n) is 2.88. The highest BCUT2D eigenvalue weighted by Crippen LogP contribution is 2.23. The Hall–Kier alpha value is -2.70. The van der Waals surface area contributed by atoms with E-state index in [-0.39, 0.29) is 18.2 Å². The number of carbonyl (C=O) groups excluding carboxylic acids is 1. The molecule has 2 heterocycles. The number of fused-ring (bicyclic) bond motifs is 1. The van der Waals surface area contributed by atoms with Crippen LogP contribution in [0.3, 0.4) is 0 Å². The van der Waals surface area contributed by atoms with E-state index in [1.54, 1.807) is 30.7 Å². The molecule has 3 N–H and O–H groups in total. The van der Waals surface area contributed by atoms with Crippen LogP contribution >= 0.6 is 0 Å². The molecule has 1 aliphatic rings. The van der Waals surface area contributed by atoms with Crippen molar-refractivity contribution in [3.8, 4) is 0 Å². The van der Waals surface area contributed by atoms with Crippen LogP contribution in [0.25, 0.3) is 0 Å². The van der Waals surface area contributed by atoms with Gasteiger partial charge in [0.1, 0.15) is 6.04 Å². The number of nitrogens with zero attached hydrogens (tertiary/aromatic N) is 2. The summed E-state index contributed by atoms with van der Waals surface area (Å²) in [5.74, 6) is -1.47. The Morgan fingerprint density at radius 2 is 2.17 bits per heavy atom. The number of aromatic amines is 1. The summed E-state index contributed by atoms with van der Waals surface area (Å²) in [5, 5.41) is 18.9. The van der Waals surface area contributed by atoms with Gasteiger partial charge in [0.2, 0.25) is 5.91 Å². The van der Waals surface area contributed by atoms with Gasteiger partial charge in [-0.15, -0.1) is 0 Å². The number of aryl methyl sites for hydroxylation is 1. The van der Waals surface area contributed by atoms with Crippen molar-refractivity contribution >= 4 is 11.9 Å². The van der Waals surface area contributed by atoms with Crippen LogP contribution in [-0.2, 0) is 28.9 Å². The zero-order chi connectivity index (χ0) is 16.2. The van der Waals surface area contributed by atoms with Crippen LogP contribution in [0.2, 0.25) is 0 Å². The molecule has 23 heavy (non-hydrogen) atoms. The lowest BCUT2D eigenvalue weighted by Gasteiger charge is -2.23. The zero-order valence-corrected chi connectivity index (χ0v) is 12.5. The van der Waals surface area contributed by atoms with Crippen molar-refractivity contribution in [3.63, 3.8) is 0 Å². The molecular formula is C16H18N4O3. The van der Waals surface area contributed by atoms with Crippen LogP contribution in [0.15, 0.2) is 30.7 Å². The Bertz CT molecular complexity index is 698. The van der Waals surface area contributed by atoms with Gasteiger partial charge in [0.05, 0.1) is 6.20 Å². The maximum Gasteiger partial charge on any atom is 0.326 e. The van der Waals surface area contributed by atoms with E-state index in [9.17, 15) is 14.7 Å². The van der Waals surface area contributed by atoms with Crippen molar-refractivity contribution in [3.05, 3.63) is 47.5 Å². The monoisotopic (exact) mass is 314 g/mol. The second-order valence-corrected chi connectivity index (χ2v) is 5.77. The van der Waals surface area contributed by atoms with E-state index in [0.717, 1.165) is 23.2 Å². The van der Waals surface area contributed by atoms with Gasteiger partial charge < -0.3 is 10.4 Å². The molecule has 1 amide bonds. The molecule has 2 atom stereocenters. The molecule has 2 aromatic heterocycles. The normalized spacial score (nSPS) is 18.0. The van der Waals surface area contributed by atoms with Gasteiger partial charge in [0.25, 0.3) is 0 Å². The van der Waals surface area contributed by atoms with Gasteiger partial charge in [-0.1, -0.05) is 0 Å². The largest absolute Gasteiger partial charge is 0.480 e. The van der Waals surface area contributed by atoms with E-state index in [1.165, 1.54) is 0 Å². The first kappa shape index (κ1) is 15.2. The highest BCUT2D eigenvalue weighted by atomic mass is 16.4. The number of rotatable bonds is 5. The number of carboxylic acids is 1. The lowest BCUT2D eigenvalue weighted by Crippen LogP contribution is -2.46. The Morgan fingerprint density at radius 3 is 2.91 bits per heavy atom. The first-order valence-corrected chi connectivity index (χ1v) is 7.56. The zero-order valence-electron chi connectivity index (χ0n) is 12.5. The Kier molecular flexibility index (Phi) is 4.36. The molecule has 0 saturated heterocycles. The number of amides is 1.